The van der Waals surface area contributed by atoms with Crippen LogP contribution in [-0.4, -0.2) is 33.0 Å². The Morgan fingerprint density at radius 1 is 0.955 bits per heavy atom. The molecule has 0 saturated heterocycles. The number of aryl methyl sites for hydroxylation is 1. The van der Waals surface area contributed by atoms with Gasteiger partial charge in [-0.3, -0.25) is 19.2 Å². The number of unbranched alkanes of at least 4 members (excludes halogenated alkanes) is 2. The highest BCUT2D eigenvalue weighted by atomic mass is 79.9. The second-order valence-electron chi connectivity index (χ2n) is 5.29. The molecule has 0 bridgehead atoms. The van der Waals surface area contributed by atoms with Crippen LogP contribution in [0.3, 0.4) is 0 Å². The van der Waals surface area contributed by atoms with Gasteiger partial charge >= 0.3 is 0 Å². The fourth-order valence-corrected chi connectivity index (χ4v) is 2.95. The summed E-state index contributed by atoms with van der Waals surface area (Å²) in [5.74, 6) is -0.340. The molecule has 1 aliphatic rings. The zero-order chi connectivity index (χ0) is 15.5. The molecule has 0 fully saturated rings. The number of hydrogen-bond donors (Lipinski definition) is 0. The first-order valence-electron chi connectivity index (χ1n) is 7.30. The number of benzene rings is 1. The van der Waals surface area contributed by atoms with Crippen molar-refractivity contribution >= 4 is 27.7 Å². The van der Waals surface area contributed by atoms with Gasteiger partial charge in [-0.2, -0.15) is 5.10 Å². The monoisotopic (exact) mass is 361 g/mol. The minimum absolute atomic E-state index is 0.170. The van der Waals surface area contributed by atoms with Crippen molar-refractivity contribution in [1.29, 1.82) is 0 Å². The van der Waals surface area contributed by atoms with Crippen molar-refractivity contribution in [3.63, 3.8) is 0 Å². The van der Waals surface area contributed by atoms with E-state index in [2.05, 4.69) is 21.0 Å². The summed E-state index contributed by atoms with van der Waals surface area (Å²) >= 11 is 3.36. The molecular weight excluding hydrogens is 346 g/mol. The van der Waals surface area contributed by atoms with E-state index < -0.39 is 0 Å². The van der Waals surface area contributed by atoms with Crippen LogP contribution in [0.5, 0.6) is 0 Å². The van der Waals surface area contributed by atoms with Gasteiger partial charge in [-0.05, 0) is 47.3 Å². The van der Waals surface area contributed by atoms with E-state index in [1.165, 1.54) is 4.90 Å². The van der Waals surface area contributed by atoms with Gasteiger partial charge in [0.2, 0.25) is 0 Å². The van der Waals surface area contributed by atoms with E-state index in [1.807, 2.05) is 10.9 Å². The van der Waals surface area contributed by atoms with Crippen LogP contribution in [0.15, 0.2) is 41.1 Å². The Balaban J connectivity index is 1.47. The standard InChI is InChI=1S/C16H16BrN3O2/c17-12-10-18-19(11-12)8-4-1-5-9-20-15(21)13-6-2-3-7-14(13)16(20)22/h2-3,6-7,10-11H,1,4-5,8-9H2. The molecule has 0 atom stereocenters. The highest BCUT2D eigenvalue weighted by molar-refractivity contribution is 9.10. The first-order chi connectivity index (χ1) is 10.7. The Hall–Kier alpha value is -1.95. The summed E-state index contributed by atoms with van der Waals surface area (Å²) < 4.78 is 2.85. The summed E-state index contributed by atoms with van der Waals surface area (Å²) in [4.78, 5) is 25.7. The van der Waals surface area contributed by atoms with Gasteiger partial charge in [0, 0.05) is 19.3 Å². The van der Waals surface area contributed by atoms with Gasteiger partial charge in [0.05, 0.1) is 21.8 Å². The molecule has 0 unspecified atom stereocenters. The molecule has 0 radical (unpaired) electrons. The highest BCUT2D eigenvalue weighted by Gasteiger charge is 2.34. The maximum absolute atomic E-state index is 12.2. The molecule has 0 N–H and O–H groups in total. The minimum Gasteiger partial charge on any atom is -0.274 e. The van der Waals surface area contributed by atoms with E-state index in [4.69, 9.17) is 0 Å². The molecule has 114 valence electrons. The van der Waals surface area contributed by atoms with Gasteiger partial charge in [-0.25, -0.2) is 0 Å². The Kier molecular flexibility index (Phi) is 4.38. The summed E-state index contributed by atoms with van der Waals surface area (Å²) in [5, 5.41) is 4.19. The first-order valence-corrected chi connectivity index (χ1v) is 8.09. The Morgan fingerprint density at radius 2 is 1.59 bits per heavy atom. The molecule has 6 heteroatoms. The van der Waals surface area contributed by atoms with Crippen LogP contribution in [0.1, 0.15) is 40.0 Å². The lowest BCUT2D eigenvalue weighted by Crippen LogP contribution is -2.30. The number of hydrogen-bond acceptors (Lipinski definition) is 3. The number of imide groups is 1. The number of aromatic nitrogens is 2. The summed E-state index contributed by atoms with van der Waals surface area (Å²) in [6, 6.07) is 7.00. The second-order valence-corrected chi connectivity index (χ2v) is 6.21. The number of carbonyl (C=O) groups excluding carboxylic acids is 2. The smallest absolute Gasteiger partial charge is 0.261 e. The van der Waals surface area contributed by atoms with Crippen molar-refractivity contribution < 1.29 is 9.59 Å². The van der Waals surface area contributed by atoms with E-state index in [0.29, 0.717) is 17.7 Å². The molecule has 22 heavy (non-hydrogen) atoms. The maximum Gasteiger partial charge on any atom is 0.261 e. The number of halogens is 1. The fourth-order valence-electron chi connectivity index (χ4n) is 2.62. The molecule has 0 spiro atoms. The van der Waals surface area contributed by atoms with Crippen molar-refractivity contribution in [1.82, 2.24) is 14.7 Å². The van der Waals surface area contributed by atoms with Crippen molar-refractivity contribution in [2.45, 2.75) is 25.8 Å². The van der Waals surface area contributed by atoms with Crippen LogP contribution in [-0.2, 0) is 6.54 Å². The predicted octanol–water partition coefficient (Wildman–Crippen LogP) is 3.11. The second kappa shape index (κ2) is 6.44. The molecule has 1 aliphatic heterocycles. The van der Waals surface area contributed by atoms with Crippen LogP contribution in [0.2, 0.25) is 0 Å². The van der Waals surface area contributed by atoms with Crippen molar-refractivity contribution in [3.05, 3.63) is 52.3 Å². The summed E-state index contributed by atoms with van der Waals surface area (Å²) in [5.41, 5.74) is 1.04. The summed E-state index contributed by atoms with van der Waals surface area (Å²) in [7, 11) is 0. The van der Waals surface area contributed by atoms with Crippen LogP contribution in [0.4, 0.5) is 0 Å². The van der Waals surface area contributed by atoms with Crippen molar-refractivity contribution in [3.8, 4) is 0 Å². The SMILES string of the molecule is O=C1c2ccccc2C(=O)N1CCCCCn1cc(Br)cn1. The molecule has 5 nitrogen and oxygen atoms in total. The topological polar surface area (TPSA) is 55.2 Å². The van der Waals surface area contributed by atoms with E-state index in [-0.39, 0.29) is 11.8 Å². The van der Waals surface area contributed by atoms with E-state index in [9.17, 15) is 9.59 Å². The Labute approximate surface area is 137 Å². The molecule has 1 aromatic heterocycles. The molecule has 2 amide bonds. The Bertz CT molecular complexity index is 676. The third kappa shape index (κ3) is 2.97. The number of rotatable bonds is 6. The van der Waals surface area contributed by atoms with Gasteiger partial charge in [-0.15, -0.1) is 0 Å². The number of carbonyl (C=O) groups is 2. The summed E-state index contributed by atoms with van der Waals surface area (Å²) in [6.45, 7) is 1.32. The van der Waals surface area contributed by atoms with E-state index >= 15 is 0 Å². The van der Waals surface area contributed by atoms with Gasteiger partial charge in [0.15, 0.2) is 0 Å². The fraction of sp³-hybridized carbons (Fsp3) is 0.312. The van der Waals surface area contributed by atoms with Crippen molar-refractivity contribution in [2.24, 2.45) is 0 Å². The normalized spacial score (nSPS) is 13.8. The van der Waals surface area contributed by atoms with Gasteiger partial charge in [-0.1, -0.05) is 12.1 Å². The van der Waals surface area contributed by atoms with Crippen LogP contribution in [0.25, 0.3) is 0 Å². The molecule has 1 aromatic carbocycles. The molecule has 3 rings (SSSR count). The molecule has 2 heterocycles. The third-order valence-electron chi connectivity index (χ3n) is 3.75. The van der Waals surface area contributed by atoms with Crippen LogP contribution < -0.4 is 0 Å². The van der Waals surface area contributed by atoms with Gasteiger partial charge in [0.1, 0.15) is 0 Å². The molecule has 2 aromatic rings. The zero-order valence-electron chi connectivity index (χ0n) is 12.0. The van der Waals surface area contributed by atoms with Crippen LogP contribution in [0, 0.1) is 0 Å². The average molecular weight is 362 g/mol. The zero-order valence-corrected chi connectivity index (χ0v) is 13.6. The number of amides is 2. The molecule has 0 aliphatic carbocycles. The Morgan fingerprint density at radius 3 is 2.18 bits per heavy atom. The van der Waals surface area contributed by atoms with Gasteiger partial charge < -0.3 is 0 Å². The van der Waals surface area contributed by atoms with Gasteiger partial charge in [0.25, 0.3) is 11.8 Å². The quantitative estimate of drug-likeness (QED) is 0.586. The van der Waals surface area contributed by atoms with E-state index in [1.54, 1.807) is 30.5 Å². The number of fused-ring (bicyclic) bond motifs is 1. The number of nitrogens with zero attached hydrogens (tertiary/aromatic N) is 3. The highest BCUT2D eigenvalue weighted by Crippen LogP contribution is 2.22. The van der Waals surface area contributed by atoms with E-state index in [0.717, 1.165) is 30.3 Å². The third-order valence-corrected chi connectivity index (χ3v) is 4.16. The largest absolute Gasteiger partial charge is 0.274 e. The lowest BCUT2D eigenvalue weighted by Gasteiger charge is -2.13. The lowest BCUT2D eigenvalue weighted by atomic mass is 10.1. The summed E-state index contributed by atoms with van der Waals surface area (Å²) in [6.07, 6.45) is 6.43. The minimum atomic E-state index is -0.170. The van der Waals surface area contributed by atoms with Crippen LogP contribution >= 0.6 is 15.9 Å². The molecular formula is C16H16BrN3O2. The molecule has 0 saturated carbocycles. The maximum atomic E-state index is 12.2. The predicted molar refractivity (Wildman–Crippen MR) is 85.6 cm³/mol. The average Bonchev–Trinajstić information content (AvgIpc) is 3.04. The lowest BCUT2D eigenvalue weighted by molar-refractivity contribution is 0.0651. The first kappa shape index (κ1) is 15.0. The van der Waals surface area contributed by atoms with Crippen molar-refractivity contribution in [2.75, 3.05) is 6.54 Å².